The van der Waals surface area contributed by atoms with E-state index in [4.69, 9.17) is 23.2 Å². The highest BCUT2D eigenvalue weighted by molar-refractivity contribution is 6.30. The number of aryl methyl sites for hydroxylation is 1. The second-order valence-electron chi connectivity index (χ2n) is 6.14. The van der Waals surface area contributed by atoms with Crippen LogP contribution in [-0.4, -0.2) is 18.4 Å². The Balaban J connectivity index is 1.72. The Morgan fingerprint density at radius 2 is 1.14 bits per heavy atom. The molecule has 29 heavy (non-hydrogen) atoms. The minimum Gasteiger partial charge on any atom is -0.246 e. The zero-order chi connectivity index (χ0) is 20.5. The van der Waals surface area contributed by atoms with Gasteiger partial charge in [-0.1, -0.05) is 65.2 Å². The zero-order valence-electron chi connectivity index (χ0n) is 15.7. The topological polar surface area (TPSA) is 61.1 Å². The van der Waals surface area contributed by atoms with Crippen LogP contribution in [0.1, 0.15) is 16.7 Å². The van der Waals surface area contributed by atoms with E-state index in [0.29, 0.717) is 16.0 Å². The number of hydrogen-bond acceptors (Lipinski definition) is 3. The van der Waals surface area contributed by atoms with Crippen molar-refractivity contribution in [2.75, 3.05) is 0 Å². The molecule has 0 aromatic heterocycles. The number of halogens is 2. The maximum atomic E-state index is 5.90. The molecule has 0 atom stereocenters. The largest absolute Gasteiger partial charge is 0.246 e. The predicted molar refractivity (Wildman–Crippen MR) is 123 cm³/mol. The van der Waals surface area contributed by atoms with Gasteiger partial charge in [-0.3, -0.25) is 0 Å². The molecule has 0 aliphatic carbocycles. The van der Waals surface area contributed by atoms with Crippen molar-refractivity contribution in [3.05, 3.63) is 99.5 Å². The van der Waals surface area contributed by atoms with Crippen molar-refractivity contribution >= 4 is 47.3 Å². The molecular weight excluding hydrogens is 405 g/mol. The molecule has 3 aromatic rings. The lowest BCUT2D eigenvalue weighted by Crippen LogP contribution is -2.30. The predicted octanol–water partition coefficient (Wildman–Crippen LogP) is 5.54. The fourth-order valence-electron chi connectivity index (χ4n) is 2.26. The molecule has 0 radical (unpaired) electrons. The smallest absolute Gasteiger partial charge is 0.238 e. The van der Waals surface area contributed by atoms with Crippen LogP contribution in [-0.2, 0) is 0 Å². The third kappa shape index (κ3) is 7.07. The zero-order valence-corrected chi connectivity index (χ0v) is 17.2. The third-order valence-electron chi connectivity index (χ3n) is 3.78. The Bertz CT molecular complexity index is 949. The van der Waals surface area contributed by atoms with E-state index in [9.17, 15) is 0 Å². The van der Waals surface area contributed by atoms with Gasteiger partial charge in [0.25, 0.3) is 0 Å². The van der Waals surface area contributed by atoms with Gasteiger partial charge in [0, 0.05) is 10.0 Å². The van der Waals surface area contributed by atoms with E-state index in [0.717, 1.165) is 22.4 Å². The van der Waals surface area contributed by atoms with Crippen molar-refractivity contribution in [1.29, 1.82) is 0 Å². The van der Waals surface area contributed by atoms with Crippen LogP contribution in [0.2, 0.25) is 10.0 Å². The normalized spacial score (nSPS) is 11.0. The first-order chi connectivity index (χ1) is 14.1. The van der Waals surface area contributed by atoms with E-state index in [1.54, 1.807) is 36.7 Å². The second kappa shape index (κ2) is 10.4. The monoisotopic (exact) mass is 423 g/mol. The molecule has 0 saturated carbocycles. The van der Waals surface area contributed by atoms with E-state index >= 15 is 0 Å². The SMILES string of the molecule is Cc1ccc(N=C(NN=Cc2ccc(Cl)cc2)NN=Cc2ccc(Cl)cc2)cc1. The summed E-state index contributed by atoms with van der Waals surface area (Å²) in [5, 5.41) is 9.79. The summed E-state index contributed by atoms with van der Waals surface area (Å²) in [5.74, 6) is 0.379. The van der Waals surface area contributed by atoms with Gasteiger partial charge in [-0.25, -0.2) is 15.8 Å². The maximum Gasteiger partial charge on any atom is 0.238 e. The van der Waals surface area contributed by atoms with Crippen LogP contribution in [0.4, 0.5) is 5.69 Å². The molecule has 0 fully saturated rings. The van der Waals surface area contributed by atoms with E-state index in [1.807, 2.05) is 55.5 Å². The molecule has 0 unspecified atom stereocenters. The molecule has 2 N–H and O–H groups in total. The van der Waals surface area contributed by atoms with Gasteiger partial charge in [-0.05, 0) is 54.4 Å². The molecule has 7 heteroatoms. The first-order valence-electron chi connectivity index (χ1n) is 8.83. The van der Waals surface area contributed by atoms with Crippen molar-refractivity contribution in [3.63, 3.8) is 0 Å². The molecule has 0 heterocycles. The number of rotatable bonds is 5. The average Bonchev–Trinajstić information content (AvgIpc) is 2.72. The fraction of sp³-hybridized carbons (Fsp3) is 0.0455. The van der Waals surface area contributed by atoms with Crippen LogP contribution in [0.15, 0.2) is 88.0 Å². The molecule has 3 rings (SSSR count). The van der Waals surface area contributed by atoms with Crippen molar-refractivity contribution in [3.8, 4) is 0 Å². The standard InChI is InChI=1S/C22H19Cl2N5/c1-16-2-12-21(13-3-16)27-22(28-25-14-17-4-8-19(23)9-5-17)29-26-15-18-6-10-20(24)11-7-18/h2-15H,1H3,(H2,27,28,29). The number of hydrogen-bond donors (Lipinski definition) is 2. The number of benzene rings is 3. The highest BCUT2D eigenvalue weighted by atomic mass is 35.5. The van der Waals surface area contributed by atoms with E-state index in [1.165, 1.54) is 0 Å². The first-order valence-corrected chi connectivity index (χ1v) is 9.59. The highest BCUT2D eigenvalue weighted by Gasteiger charge is 1.98. The number of hydrazone groups is 2. The third-order valence-corrected chi connectivity index (χ3v) is 4.29. The van der Waals surface area contributed by atoms with Gasteiger partial charge in [0.1, 0.15) is 0 Å². The Morgan fingerprint density at radius 3 is 1.59 bits per heavy atom. The summed E-state index contributed by atoms with van der Waals surface area (Å²) < 4.78 is 0. The van der Waals surface area contributed by atoms with Crippen molar-refractivity contribution in [1.82, 2.24) is 10.9 Å². The molecule has 0 aliphatic rings. The molecule has 0 spiro atoms. The Morgan fingerprint density at radius 1 is 0.690 bits per heavy atom. The van der Waals surface area contributed by atoms with Gasteiger partial charge in [0.2, 0.25) is 5.96 Å². The average molecular weight is 424 g/mol. The van der Waals surface area contributed by atoms with Crippen LogP contribution in [0, 0.1) is 6.92 Å². The lowest BCUT2D eigenvalue weighted by molar-refractivity contribution is 0.905. The number of nitrogens with one attached hydrogen (secondary N) is 2. The van der Waals surface area contributed by atoms with Crippen LogP contribution in [0.5, 0.6) is 0 Å². The van der Waals surface area contributed by atoms with E-state index in [2.05, 4.69) is 26.0 Å². The summed E-state index contributed by atoms with van der Waals surface area (Å²) in [6.45, 7) is 2.03. The van der Waals surface area contributed by atoms with Gasteiger partial charge >= 0.3 is 0 Å². The van der Waals surface area contributed by atoms with Crippen LogP contribution in [0.25, 0.3) is 0 Å². The summed E-state index contributed by atoms with van der Waals surface area (Å²) in [4.78, 5) is 4.52. The Labute approximate surface area is 179 Å². The molecular formula is C22H19Cl2N5. The fourth-order valence-corrected chi connectivity index (χ4v) is 2.51. The van der Waals surface area contributed by atoms with Gasteiger partial charge in [-0.15, -0.1) is 0 Å². The molecule has 0 saturated heterocycles. The number of aliphatic imine (C=N–C) groups is 1. The minimum absolute atomic E-state index is 0.379. The van der Waals surface area contributed by atoms with Crippen LogP contribution in [0.3, 0.4) is 0 Å². The molecule has 0 bridgehead atoms. The second-order valence-corrected chi connectivity index (χ2v) is 7.01. The lowest BCUT2D eigenvalue weighted by atomic mass is 10.2. The maximum absolute atomic E-state index is 5.90. The Kier molecular flexibility index (Phi) is 7.39. The van der Waals surface area contributed by atoms with E-state index in [-0.39, 0.29) is 0 Å². The first kappa shape index (κ1) is 20.6. The quantitative estimate of drug-likeness (QED) is 0.321. The molecule has 5 nitrogen and oxygen atoms in total. The molecule has 3 aromatic carbocycles. The van der Waals surface area contributed by atoms with Crippen LogP contribution < -0.4 is 10.9 Å². The van der Waals surface area contributed by atoms with Gasteiger partial charge in [0.05, 0.1) is 18.1 Å². The summed E-state index contributed by atoms with van der Waals surface area (Å²) in [6, 6.07) is 22.5. The van der Waals surface area contributed by atoms with Crippen molar-refractivity contribution in [2.45, 2.75) is 6.92 Å². The lowest BCUT2D eigenvalue weighted by Gasteiger charge is -2.05. The highest BCUT2D eigenvalue weighted by Crippen LogP contribution is 2.12. The number of nitrogens with zero attached hydrogens (tertiary/aromatic N) is 3. The van der Waals surface area contributed by atoms with Gasteiger partial charge < -0.3 is 0 Å². The molecule has 0 amide bonds. The number of guanidine groups is 1. The molecule has 0 aliphatic heterocycles. The summed E-state index contributed by atoms with van der Waals surface area (Å²) >= 11 is 11.8. The molecule has 146 valence electrons. The van der Waals surface area contributed by atoms with Crippen molar-refractivity contribution in [2.24, 2.45) is 15.2 Å². The minimum atomic E-state index is 0.379. The van der Waals surface area contributed by atoms with Gasteiger partial charge in [0.15, 0.2) is 0 Å². The Hall–Kier alpha value is -3.15. The van der Waals surface area contributed by atoms with Crippen molar-refractivity contribution < 1.29 is 0 Å². The summed E-state index contributed by atoms with van der Waals surface area (Å²) in [5.41, 5.74) is 9.50. The van der Waals surface area contributed by atoms with E-state index < -0.39 is 0 Å². The summed E-state index contributed by atoms with van der Waals surface area (Å²) in [6.07, 6.45) is 3.34. The summed E-state index contributed by atoms with van der Waals surface area (Å²) in [7, 11) is 0. The van der Waals surface area contributed by atoms with Crippen LogP contribution >= 0.6 is 23.2 Å². The van der Waals surface area contributed by atoms with Gasteiger partial charge in [-0.2, -0.15) is 10.2 Å².